The predicted octanol–water partition coefficient (Wildman–Crippen LogP) is 3.02. The van der Waals surface area contributed by atoms with Crippen LogP contribution in [0.4, 0.5) is 0 Å². The zero-order chi connectivity index (χ0) is 14.8. The molecule has 1 aliphatic rings. The molecular formula is C15H16ClN3O2. The lowest BCUT2D eigenvalue weighted by Crippen LogP contribution is -2.10. The van der Waals surface area contributed by atoms with Gasteiger partial charge in [-0.15, -0.1) is 5.10 Å². The molecule has 2 aromatic rings. The van der Waals surface area contributed by atoms with E-state index in [4.69, 9.17) is 11.6 Å². The first-order valence-corrected chi connectivity index (χ1v) is 7.42. The Kier molecular flexibility index (Phi) is 3.92. The zero-order valence-electron chi connectivity index (χ0n) is 11.5. The Morgan fingerprint density at radius 3 is 2.81 bits per heavy atom. The van der Waals surface area contributed by atoms with Gasteiger partial charge in [0, 0.05) is 18.0 Å². The summed E-state index contributed by atoms with van der Waals surface area (Å²) in [5.74, 6) is -0.287. The summed E-state index contributed by atoms with van der Waals surface area (Å²) in [5.41, 5.74) is 1.53. The molecule has 5 nitrogen and oxygen atoms in total. The number of halogens is 1. The molecule has 0 bridgehead atoms. The Labute approximate surface area is 127 Å². The van der Waals surface area contributed by atoms with Crippen molar-refractivity contribution in [3.63, 3.8) is 0 Å². The molecule has 21 heavy (non-hydrogen) atoms. The predicted molar refractivity (Wildman–Crippen MR) is 78.6 cm³/mol. The summed E-state index contributed by atoms with van der Waals surface area (Å²) < 4.78 is 1.71. The molecule has 0 spiro atoms. The van der Waals surface area contributed by atoms with Crippen LogP contribution in [-0.4, -0.2) is 26.1 Å². The van der Waals surface area contributed by atoms with Crippen LogP contribution >= 0.6 is 11.6 Å². The number of nitrogens with zero attached hydrogens (tertiary/aromatic N) is 3. The number of aromatic nitrogens is 3. The van der Waals surface area contributed by atoms with E-state index in [0.29, 0.717) is 23.7 Å². The van der Waals surface area contributed by atoms with Crippen molar-refractivity contribution in [1.29, 1.82) is 0 Å². The van der Waals surface area contributed by atoms with Crippen LogP contribution in [0.2, 0.25) is 5.02 Å². The van der Waals surface area contributed by atoms with Crippen molar-refractivity contribution in [2.45, 2.75) is 32.2 Å². The molecule has 1 aromatic heterocycles. The minimum atomic E-state index is -1.05. The van der Waals surface area contributed by atoms with Crippen molar-refractivity contribution in [2.24, 2.45) is 5.92 Å². The van der Waals surface area contributed by atoms with E-state index in [1.54, 1.807) is 10.7 Å². The van der Waals surface area contributed by atoms with Crippen LogP contribution in [0, 0.1) is 5.92 Å². The fourth-order valence-corrected chi connectivity index (χ4v) is 2.59. The second kappa shape index (κ2) is 5.85. The van der Waals surface area contributed by atoms with Gasteiger partial charge in [-0.1, -0.05) is 47.9 Å². The van der Waals surface area contributed by atoms with Gasteiger partial charge < -0.3 is 5.11 Å². The number of carbonyl (C=O) groups is 1. The lowest BCUT2D eigenvalue weighted by molar-refractivity contribution is 0.0689. The fourth-order valence-electron chi connectivity index (χ4n) is 2.39. The summed E-state index contributed by atoms with van der Waals surface area (Å²) in [5, 5.41) is 17.7. The Bertz CT molecular complexity index is 665. The van der Waals surface area contributed by atoms with Crippen LogP contribution in [0.5, 0.6) is 0 Å². The van der Waals surface area contributed by atoms with E-state index in [2.05, 4.69) is 10.3 Å². The van der Waals surface area contributed by atoms with Gasteiger partial charge in [0.1, 0.15) is 0 Å². The molecule has 1 saturated carbocycles. The normalized spacial score (nSPS) is 14.3. The number of carboxylic acid groups (broad SMARTS) is 1. The van der Waals surface area contributed by atoms with E-state index in [1.807, 2.05) is 18.2 Å². The zero-order valence-corrected chi connectivity index (χ0v) is 12.3. The molecule has 3 rings (SSSR count). The summed E-state index contributed by atoms with van der Waals surface area (Å²) in [4.78, 5) is 11.3. The number of benzene rings is 1. The molecule has 0 unspecified atom stereocenters. The number of aryl methyl sites for hydroxylation is 1. The van der Waals surface area contributed by atoms with Crippen molar-refractivity contribution in [2.75, 3.05) is 0 Å². The van der Waals surface area contributed by atoms with Gasteiger partial charge in [-0.25, -0.2) is 9.48 Å². The van der Waals surface area contributed by atoms with Crippen molar-refractivity contribution in [1.82, 2.24) is 15.0 Å². The number of rotatable bonds is 6. The molecule has 1 aromatic carbocycles. The largest absolute Gasteiger partial charge is 0.476 e. The first kappa shape index (κ1) is 14.1. The quantitative estimate of drug-likeness (QED) is 0.890. The summed E-state index contributed by atoms with van der Waals surface area (Å²) in [6.07, 6.45) is 3.98. The molecule has 1 heterocycles. The van der Waals surface area contributed by atoms with Crippen molar-refractivity contribution >= 4 is 17.6 Å². The van der Waals surface area contributed by atoms with Gasteiger partial charge >= 0.3 is 5.97 Å². The van der Waals surface area contributed by atoms with Crippen molar-refractivity contribution in [3.05, 3.63) is 46.2 Å². The van der Waals surface area contributed by atoms with Crippen LogP contribution < -0.4 is 0 Å². The molecule has 6 heteroatoms. The monoisotopic (exact) mass is 305 g/mol. The van der Waals surface area contributed by atoms with E-state index in [1.165, 1.54) is 12.8 Å². The third kappa shape index (κ3) is 3.24. The molecule has 0 aliphatic heterocycles. The van der Waals surface area contributed by atoms with E-state index in [-0.39, 0.29) is 5.69 Å². The van der Waals surface area contributed by atoms with Gasteiger partial charge in [-0.3, -0.25) is 0 Å². The third-order valence-corrected chi connectivity index (χ3v) is 4.17. The highest BCUT2D eigenvalue weighted by molar-refractivity contribution is 6.31. The highest BCUT2D eigenvalue weighted by Gasteiger charge is 2.24. The van der Waals surface area contributed by atoms with Gasteiger partial charge in [0.2, 0.25) is 0 Å². The molecule has 110 valence electrons. The molecule has 0 atom stereocenters. The average molecular weight is 306 g/mol. The van der Waals surface area contributed by atoms with E-state index in [9.17, 15) is 9.90 Å². The maximum atomic E-state index is 11.3. The molecule has 1 N–H and O–H groups in total. The number of hydrogen-bond donors (Lipinski definition) is 1. The smallest absolute Gasteiger partial charge is 0.358 e. The molecule has 0 saturated heterocycles. The van der Waals surface area contributed by atoms with Crippen LogP contribution in [0.1, 0.15) is 41.0 Å². The van der Waals surface area contributed by atoms with E-state index >= 15 is 0 Å². The average Bonchev–Trinajstić information content (AvgIpc) is 3.20. The molecule has 1 fully saturated rings. The number of hydrogen-bond acceptors (Lipinski definition) is 3. The lowest BCUT2D eigenvalue weighted by atomic mass is 10.1. The second-order valence-electron chi connectivity index (χ2n) is 5.41. The van der Waals surface area contributed by atoms with Crippen LogP contribution in [-0.2, 0) is 13.0 Å². The van der Waals surface area contributed by atoms with Crippen LogP contribution in [0.25, 0.3) is 0 Å². The summed E-state index contributed by atoms with van der Waals surface area (Å²) in [7, 11) is 0. The van der Waals surface area contributed by atoms with Crippen LogP contribution in [0.3, 0.4) is 0 Å². The van der Waals surface area contributed by atoms with Gasteiger partial charge in [0.25, 0.3) is 0 Å². The standard InChI is InChI=1S/C15H16ClN3O2/c16-12-4-2-1-3-11(12)9-13-14(15(20)21)17-18-19(13)8-7-10-5-6-10/h1-4,10H,5-9H2,(H,20,21). The van der Waals surface area contributed by atoms with Gasteiger partial charge in [0.15, 0.2) is 5.69 Å². The Hall–Kier alpha value is -1.88. The highest BCUT2D eigenvalue weighted by atomic mass is 35.5. The third-order valence-electron chi connectivity index (χ3n) is 3.80. The van der Waals surface area contributed by atoms with Crippen LogP contribution in [0.15, 0.2) is 24.3 Å². The first-order valence-electron chi connectivity index (χ1n) is 7.04. The lowest BCUT2D eigenvalue weighted by Gasteiger charge is -2.08. The molecule has 0 radical (unpaired) electrons. The first-order chi connectivity index (χ1) is 10.1. The molecular weight excluding hydrogens is 290 g/mol. The highest BCUT2D eigenvalue weighted by Crippen LogP contribution is 2.33. The fraction of sp³-hybridized carbons (Fsp3) is 0.400. The summed E-state index contributed by atoms with van der Waals surface area (Å²) >= 11 is 6.17. The second-order valence-corrected chi connectivity index (χ2v) is 5.82. The van der Waals surface area contributed by atoms with Crippen molar-refractivity contribution in [3.8, 4) is 0 Å². The topological polar surface area (TPSA) is 68.0 Å². The minimum absolute atomic E-state index is 0.0192. The number of carboxylic acids is 1. The van der Waals surface area contributed by atoms with Gasteiger partial charge in [0.05, 0.1) is 5.69 Å². The van der Waals surface area contributed by atoms with E-state index in [0.717, 1.165) is 17.9 Å². The van der Waals surface area contributed by atoms with Gasteiger partial charge in [-0.2, -0.15) is 0 Å². The Balaban J connectivity index is 1.88. The SMILES string of the molecule is O=C(O)c1nnn(CCC2CC2)c1Cc1ccccc1Cl. The maximum Gasteiger partial charge on any atom is 0.358 e. The molecule has 1 aliphatic carbocycles. The van der Waals surface area contributed by atoms with Crippen molar-refractivity contribution < 1.29 is 9.90 Å². The van der Waals surface area contributed by atoms with E-state index < -0.39 is 5.97 Å². The minimum Gasteiger partial charge on any atom is -0.476 e. The number of aromatic carboxylic acids is 1. The maximum absolute atomic E-state index is 11.3. The van der Waals surface area contributed by atoms with Gasteiger partial charge in [-0.05, 0) is 24.0 Å². The Morgan fingerprint density at radius 2 is 2.14 bits per heavy atom. The Morgan fingerprint density at radius 1 is 1.38 bits per heavy atom. The molecule has 0 amide bonds. The summed E-state index contributed by atoms with van der Waals surface area (Å²) in [6.45, 7) is 0.713. The summed E-state index contributed by atoms with van der Waals surface area (Å²) in [6, 6.07) is 7.44.